The molecule has 4 rings (SSSR count). The molecule has 12 heteroatoms. The molecule has 1 atom stereocenters. The number of pyridine rings is 1. The van der Waals surface area contributed by atoms with Gasteiger partial charge in [0.2, 0.25) is 5.88 Å². The molecule has 1 aliphatic heterocycles. The van der Waals surface area contributed by atoms with E-state index in [1.807, 2.05) is 6.07 Å². The summed E-state index contributed by atoms with van der Waals surface area (Å²) in [6.45, 7) is 0.596. The highest BCUT2D eigenvalue weighted by molar-refractivity contribution is 7.86. The molecule has 0 bridgehead atoms. The molecule has 0 radical (unpaired) electrons. The van der Waals surface area contributed by atoms with Crippen LogP contribution in [0.5, 0.6) is 17.4 Å². The number of aromatic nitrogens is 3. The van der Waals surface area contributed by atoms with Crippen LogP contribution in [-0.4, -0.2) is 74.3 Å². The Hall–Kier alpha value is -3.06. The summed E-state index contributed by atoms with van der Waals surface area (Å²) < 4.78 is 46.7. The number of nitrogens with two attached hydrogens (primary N) is 1. The van der Waals surface area contributed by atoms with Gasteiger partial charge in [-0.2, -0.15) is 12.7 Å². The highest BCUT2D eigenvalue weighted by Crippen LogP contribution is 2.33. The molecular weight excluding hydrogens is 438 g/mol. The van der Waals surface area contributed by atoms with Gasteiger partial charge in [0.25, 0.3) is 10.2 Å². The molecule has 2 aromatic heterocycles. The lowest BCUT2D eigenvalue weighted by Crippen LogP contribution is -2.49. The van der Waals surface area contributed by atoms with E-state index in [1.54, 1.807) is 44.8 Å². The van der Waals surface area contributed by atoms with Crippen LogP contribution in [0.15, 0.2) is 36.7 Å². The number of ether oxygens (including phenoxy) is 4. The Bertz CT molecular complexity index is 1220. The zero-order valence-electron chi connectivity index (χ0n) is 17.6. The first-order valence-electron chi connectivity index (χ1n) is 9.75. The summed E-state index contributed by atoms with van der Waals surface area (Å²) in [6, 6.07) is 7.25. The van der Waals surface area contributed by atoms with Crippen molar-refractivity contribution in [3.8, 4) is 28.6 Å². The number of methoxy groups -OCH3 is 2. The van der Waals surface area contributed by atoms with Crippen molar-refractivity contribution in [2.24, 2.45) is 5.14 Å². The first kappa shape index (κ1) is 22.1. The van der Waals surface area contributed by atoms with Crippen LogP contribution in [0.25, 0.3) is 22.3 Å². The maximum Gasteiger partial charge on any atom is 0.277 e. The maximum atomic E-state index is 11.6. The third kappa shape index (κ3) is 4.72. The maximum absolute atomic E-state index is 11.6. The Kier molecular flexibility index (Phi) is 6.37. The quantitative estimate of drug-likeness (QED) is 0.545. The predicted molar refractivity (Wildman–Crippen MR) is 116 cm³/mol. The molecule has 0 spiro atoms. The van der Waals surface area contributed by atoms with Crippen molar-refractivity contribution >= 4 is 21.2 Å². The number of rotatable bonds is 7. The van der Waals surface area contributed by atoms with Gasteiger partial charge < -0.3 is 18.9 Å². The summed E-state index contributed by atoms with van der Waals surface area (Å²) in [5, 5.41) is 5.23. The van der Waals surface area contributed by atoms with Crippen molar-refractivity contribution in [3.05, 3.63) is 36.7 Å². The molecule has 32 heavy (non-hydrogen) atoms. The van der Waals surface area contributed by atoms with E-state index < -0.39 is 16.3 Å². The van der Waals surface area contributed by atoms with Gasteiger partial charge in [0.1, 0.15) is 12.7 Å². The van der Waals surface area contributed by atoms with Gasteiger partial charge in [-0.1, -0.05) is 0 Å². The predicted octanol–water partition coefficient (Wildman–Crippen LogP) is 0.992. The van der Waals surface area contributed by atoms with Crippen molar-refractivity contribution in [2.75, 3.05) is 40.5 Å². The Morgan fingerprint density at radius 1 is 1.16 bits per heavy atom. The van der Waals surface area contributed by atoms with E-state index in [9.17, 15) is 8.42 Å². The summed E-state index contributed by atoms with van der Waals surface area (Å²) >= 11 is 0. The molecular formula is C20H23N5O6S. The van der Waals surface area contributed by atoms with Crippen molar-refractivity contribution in [3.63, 3.8) is 0 Å². The highest BCUT2D eigenvalue weighted by atomic mass is 32.2. The second-order valence-electron chi connectivity index (χ2n) is 7.01. The van der Waals surface area contributed by atoms with Gasteiger partial charge in [0, 0.05) is 31.0 Å². The fourth-order valence-corrected chi connectivity index (χ4v) is 4.09. The van der Waals surface area contributed by atoms with Gasteiger partial charge in [-0.3, -0.25) is 4.98 Å². The lowest BCUT2D eigenvalue weighted by Gasteiger charge is -2.30. The normalized spacial score (nSPS) is 17.3. The van der Waals surface area contributed by atoms with Crippen LogP contribution < -0.4 is 19.3 Å². The fourth-order valence-electron chi connectivity index (χ4n) is 3.38. The minimum Gasteiger partial charge on any atom is -0.493 e. The third-order valence-corrected chi connectivity index (χ3v) is 6.02. The van der Waals surface area contributed by atoms with Gasteiger partial charge in [-0.15, -0.1) is 0 Å². The standard InChI is InChI=1S/C20H23N5O6S/c1-28-17-4-3-13(9-18(17)29-2)15-10-16-19(23-6-5-22-16)20(24-15)31-12-14-11-25(7-8-30-14)32(21,26)27/h3-6,9-10,14H,7-8,11-12H2,1-2H3,(H2,21,26,27). The van der Waals surface area contributed by atoms with E-state index in [0.717, 1.165) is 9.87 Å². The monoisotopic (exact) mass is 461 g/mol. The van der Waals surface area contributed by atoms with Crippen LogP contribution in [0.2, 0.25) is 0 Å². The number of morpholine rings is 1. The van der Waals surface area contributed by atoms with Gasteiger partial charge in [0.05, 0.1) is 32.0 Å². The highest BCUT2D eigenvalue weighted by Gasteiger charge is 2.28. The van der Waals surface area contributed by atoms with E-state index in [4.69, 9.17) is 24.1 Å². The zero-order chi connectivity index (χ0) is 22.7. The minimum atomic E-state index is -3.79. The first-order valence-corrected chi connectivity index (χ1v) is 11.3. The van der Waals surface area contributed by atoms with E-state index >= 15 is 0 Å². The molecule has 1 unspecified atom stereocenters. The number of benzene rings is 1. The van der Waals surface area contributed by atoms with Crippen molar-refractivity contribution in [1.82, 2.24) is 19.3 Å². The zero-order valence-corrected chi connectivity index (χ0v) is 18.4. The van der Waals surface area contributed by atoms with E-state index in [2.05, 4.69) is 15.0 Å². The lowest BCUT2D eigenvalue weighted by atomic mass is 10.1. The third-order valence-electron chi connectivity index (χ3n) is 4.97. The molecule has 0 amide bonds. The van der Waals surface area contributed by atoms with Gasteiger partial charge >= 0.3 is 0 Å². The molecule has 11 nitrogen and oxygen atoms in total. The molecule has 0 saturated carbocycles. The molecule has 3 heterocycles. The summed E-state index contributed by atoms with van der Waals surface area (Å²) in [6.07, 6.45) is 2.63. The Balaban J connectivity index is 1.63. The number of nitrogens with zero attached hydrogens (tertiary/aromatic N) is 4. The second-order valence-corrected chi connectivity index (χ2v) is 8.56. The van der Waals surface area contributed by atoms with Crippen LogP contribution in [0.3, 0.4) is 0 Å². The molecule has 2 N–H and O–H groups in total. The molecule has 3 aromatic rings. The Labute approximate surface area is 185 Å². The fraction of sp³-hybridized carbons (Fsp3) is 0.350. The van der Waals surface area contributed by atoms with Crippen molar-refractivity contribution in [2.45, 2.75) is 6.10 Å². The van der Waals surface area contributed by atoms with Crippen LogP contribution in [0.4, 0.5) is 0 Å². The van der Waals surface area contributed by atoms with Crippen LogP contribution in [0.1, 0.15) is 0 Å². The van der Waals surface area contributed by atoms with Gasteiger partial charge in [-0.25, -0.2) is 15.1 Å². The Morgan fingerprint density at radius 2 is 1.94 bits per heavy atom. The van der Waals surface area contributed by atoms with Crippen LogP contribution in [0, 0.1) is 0 Å². The molecule has 1 aromatic carbocycles. The summed E-state index contributed by atoms with van der Waals surface area (Å²) in [5.74, 6) is 1.42. The van der Waals surface area contributed by atoms with Crippen molar-refractivity contribution < 1.29 is 27.4 Å². The van der Waals surface area contributed by atoms with Crippen LogP contribution >= 0.6 is 0 Å². The number of hydrogen-bond donors (Lipinski definition) is 1. The van der Waals surface area contributed by atoms with Crippen LogP contribution in [-0.2, 0) is 14.9 Å². The summed E-state index contributed by atoms with van der Waals surface area (Å²) in [5.41, 5.74) is 2.45. The average molecular weight is 462 g/mol. The van der Waals surface area contributed by atoms with E-state index in [1.165, 1.54) is 0 Å². The number of fused-ring (bicyclic) bond motifs is 1. The lowest BCUT2D eigenvalue weighted by molar-refractivity contribution is -0.0254. The van der Waals surface area contributed by atoms with E-state index in [-0.39, 0.29) is 32.2 Å². The molecule has 1 saturated heterocycles. The summed E-state index contributed by atoms with van der Waals surface area (Å²) in [7, 11) is -0.667. The smallest absolute Gasteiger partial charge is 0.277 e. The van der Waals surface area contributed by atoms with Gasteiger partial charge in [0.15, 0.2) is 17.0 Å². The minimum absolute atomic E-state index is 0.0695. The molecule has 1 fully saturated rings. The largest absolute Gasteiger partial charge is 0.493 e. The topological polar surface area (TPSA) is 139 Å². The Morgan fingerprint density at radius 3 is 2.69 bits per heavy atom. The average Bonchev–Trinajstić information content (AvgIpc) is 2.81. The SMILES string of the molecule is COc1ccc(-c2cc3nccnc3c(OCC3CN(S(N)(=O)=O)CCO3)n2)cc1OC. The first-order chi connectivity index (χ1) is 15.4. The van der Waals surface area contributed by atoms with Gasteiger partial charge in [-0.05, 0) is 24.3 Å². The molecule has 0 aliphatic carbocycles. The van der Waals surface area contributed by atoms with E-state index in [0.29, 0.717) is 28.2 Å². The second kappa shape index (κ2) is 9.20. The number of hydrogen-bond acceptors (Lipinski definition) is 9. The summed E-state index contributed by atoms with van der Waals surface area (Å²) in [4.78, 5) is 13.3. The van der Waals surface area contributed by atoms with Crippen molar-refractivity contribution in [1.29, 1.82) is 0 Å². The molecule has 1 aliphatic rings. The molecule has 170 valence electrons.